The molecule has 0 bridgehead atoms. The SMILES string of the molecule is CCCC[C@H](NC(=O)[C@@H](NC(=O)[C@H](CC(C)C)NC(=O)[C@@H](N)Cc1ccccc1)[C@@H](C)O)C(=O)N[C@@H](C)C(=O)N[C@@H](CCCN=C(N)N)C(=O)O. The molecule has 0 heterocycles. The second-order valence-electron chi connectivity index (χ2n) is 13.0. The molecule has 13 N–H and O–H groups in total. The minimum absolute atomic E-state index is 0.0301. The smallest absolute Gasteiger partial charge is 0.326 e. The average Bonchev–Trinajstić information content (AvgIpc) is 3.05. The van der Waals surface area contributed by atoms with Crippen molar-refractivity contribution >= 4 is 41.5 Å². The number of benzene rings is 1. The number of aliphatic imine (C=N–C) groups is 1. The quantitative estimate of drug-likeness (QED) is 0.0362. The molecule has 0 fully saturated rings. The zero-order valence-electron chi connectivity index (χ0n) is 30.2. The van der Waals surface area contributed by atoms with Crippen LogP contribution in [-0.4, -0.2) is 101 Å². The molecule has 0 saturated carbocycles. The Labute approximate surface area is 299 Å². The van der Waals surface area contributed by atoms with Gasteiger partial charge >= 0.3 is 5.97 Å². The van der Waals surface area contributed by atoms with Crippen molar-refractivity contribution in [2.24, 2.45) is 28.1 Å². The Morgan fingerprint density at radius 1 is 0.745 bits per heavy atom. The van der Waals surface area contributed by atoms with Crippen LogP contribution < -0.4 is 43.8 Å². The van der Waals surface area contributed by atoms with Crippen molar-refractivity contribution in [3.8, 4) is 0 Å². The highest BCUT2D eigenvalue weighted by Gasteiger charge is 2.34. The van der Waals surface area contributed by atoms with E-state index >= 15 is 0 Å². The highest BCUT2D eigenvalue weighted by molar-refractivity contribution is 5.96. The van der Waals surface area contributed by atoms with Gasteiger partial charge in [0.25, 0.3) is 0 Å². The van der Waals surface area contributed by atoms with Crippen molar-refractivity contribution in [1.29, 1.82) is 0 Å². The fraction of sp³-hybridized carbons (Fsp3) is 0.618. The third-order valence-electron chi connectivity index (χ3n) is 7.83. The first-order chi connectivity index (χ1) is 24.0. The van der Waals surface area contributed by atoms with E-state index in [0.717, 1.165) is 5.56 Å². The number of amides is 5. The minimum atomic E-state index is -1.50. The molecule has 0 aliphatic heterocycles. The van der Waals surface area contributed by atoms with Gasteiger partial charge in [-0.05, 0) is 57.4 Å². The van der Waals surface area contributed by atoms with Gasteiger partial charge in [0.1, 0.15) is 30.2 Å². The molecule has 1 aromatic rings. The van der Waals surface area contributed by atoms with Gasteiger partial charge in [0.15, 0.2) is 5.96 Å². The van der Waals surface area contributed by atoms with E-state index in [9.17, 15) is 39.0 Å². The summed E-state index contributed by atoms with van der Waals surface area (Å²) < 4.78 is 0. The number of guanidine groups is 1. The van der Waals surface area contributed by atoms with Crippen LogP contribution in [0.25, 0.3) is 0 Å². The van der Waals surface area contributed by atoms with Gasteiger partial charge in [-0.1, -0.05) is 63.9 Å². The zero-order chi connectivity index (χ0) is 38.7. The number of carboxylic acid groups (broad SMARTS) is 1. The van der Waals surface area contributed by atoms with Crippen LogP contribution >= 0.6 is 0 Å². The third-order valence-corrected chi connectivity index (χ3v) is 7.83. The molecule has 51 heavy (non-hydrogen) atoms. The van der Waals surface area contributed by atoms with Gasteiger partial charge in [0.05, 0.1) is 12.1 Å². The molecule has 0 aliphatic rings. The molecule has 0 aromatic heterocycles. The Balaban J connectivity index is 2.99. The zero-order valence-corrected chi connectivity index (χ0v) is 30.2. The first-order valence-electron chi connectivity index (χ1n) is 17.2. The number of hydrogen-bond acceptors (Lipinski definition) is 9. The number of aliphatic hydroxyl groups excluding tert-OH is 1. The number of unbranched alkanes of at least 4 members (excludes halogenated alkanes) is 1. The maximum Gasteiger partial charge on any atom is 0.326 e. The summed E-state index contributed by atoms with van der Waals surface area (Å²) in [6.45, 7) is 8.39. The summed E-state index contributed by atoms with van der Waals surface area (Å²) in [4.78, 5) is 81.4. The van der Waals surface area contributed by atoms with Crippen LogP contribution in [0.15, 0.2) is 35.3 Å². The highest BCUT2D eigenvalue weighted by Crippen LogP contribution is 2.09. The Kier molecular flexibility index (Phi) is 19.8. The number of rotatable bonds is 23. The van der Waals surface area contributed by atoms with E-state index in [1.165, 1.54) is 13.8 Å². The van der Waals surface area contributed by atoms with Gasteiger partial charge in [0.2, 0.25) is 29.5 Å². The standard InChI is InChI=1S/C34H57N9O8/c1-6-7-14-24(30(47)39-20(4)28(45)41-25(33(50)51)15-11-16-38-34(36)37)40-32(49)27(21(5)44)43-31(48)26(17-19(2)3)42-29(46)23(35)18-22-12-9-8-10-13-22/h8-10,12-13,19-21,23-27,44H,6-7,11,14-18,35H2,1-5H3,(H,39,47)(H,40,49)(H,41,45)(H,42,46)(H,43,48)(H,50,51)(H4,36,37,38)/t20-,21+,23-,24-,25-,26-,27-/m0/s1. The van der Waals surface area contributed by atoms with E-state index < -0.39 is 77.9 Å². The lowest BCUT2D eigenvalue weighted by Gasteiger charge is -2.28. The fourth-order valence-electron chi connectivity index (χ4n) is 4.98. The van der Waals surface area contributed by atoms with Crippen LogP contribution in [0.1, 0.15) is 78.7 Å². The van der Waals surface area contributed by atoms with Crippen LogP contribution in [0.3, 0.4) is 0 Å². The molecule has 0 unspecified atom stereocenters. The number of hydrogen-bond donors (Lipinski definition) is 10. The predicted molar refractivity (Wildman–Crippen MR) is 192 cm³/mol. The molecular formula is C34H57N9O8. The summed E-state index contributed by atoms with van der Waals surface area (Å²) in [5, 5.41) is 32.6. The molecule has 286 valence electrons. The molecule has 0 saturated heterocycles. The maximum absolute atomic E-state index is 13.4. The van der Waals surface area contributed by atoms with Gasteiger partial charge in [0, 0.05) is 6.54 Å². The first-order valence-corrected chi connectivity index (χ1v) is 17.2. The Morgan fingerprint density at radius 3 is 1.86 bits per heavy atom. The number of nitrogens with two attached hydrogens (primary N) is 3. The summed E-state index contributed by atoms with van der Waals surface area (Å²) in [6, 6.07) is 2.01. The number of aliphatic hydroxyl groups is 1. The predicted octanol–water partition coefficient (Wildman–Crippen LogP) is -1.24. The molecule has 1 rings (SSSR count). The van der Waals surface area contributed by atoms with Gasteiger partial charge in [-0.2, -0.15) is 0 Å². The number of carbonyl (C=O) groups excluding carboxylic acids is 5. The van der Waals surface area contributed by atoms with E-state index in [0.29, 0.717) is 12.8 Å². The van der Waals surface area contributed by atoms with Gasteiger partial charge in [-0.3, -0.25) is 29.0 Å². The number of nitrogens with one attached hydrogen (secondary N) is 5. The minimum Gasteiger partial charge on any atom is -0.480 e. The first kappa shape index (κ1) is 44.3. The monoisotopic (exact) mass is 719 g/mol. The van der Waals surface area contributed by atoms with E-state index in [4.69, 9.17) is 17.2 Å². The Hall–Kier alpha value is -4.77. The molecule has 5 amide bonds. The summed E-state index contributed by atoms with van der Waals surface area (Å²) in [5.41, 5.74) is 17.5. The lowest BCUT2D eigenvalue weighted by atomic mass is 10.0. The van der Waals surface area contributed by atoms with E-state index in [-0.39, 0.29) is 50.5 Å². The Morgan fingerprint density at radius 2 is 1.31 bits per heavy atom. The van der Waals surface area contributed by atoms with E-state index in [1.807, 2.05) is 51.1 Å². The highest BCUT2D eigenvalue weighted by atomic mass is 16.4. The molecule has 1 aromatic carbocycles. The molecule has 0 aliphatic carbocycles. The summed E-state index contributed by atoms with van der Waals surface area (Å²) in [5.74, 6) is -5.12. The number of nitrogens with zero attached hydrogens (tertiary/aromatic N) is 1. The number of aliphatic carboxylic acids is 1. The summed E-state index contributed by atoms with van der Waals surface area (Å²) in [7, 11) is 0. The fourth-order valence-corrected chi connectivity index (χ4v) is 4.98. The topological polar surface area (TPSA) is 293 Å². The maximum atomic E-state index is 13.4. The number of carboxylic acids is 1. The van der Waals surface area contributed by atoms with Gasteiger partial charge in [-0.25, -0.2) is 4.79 Å². The van der Waals surface area contributed by atoms with Crippen LogP contribution in [-0.2, 0) is 35.2 Å². The molecular weight excluding hydrogens is 662 g/mol. The lowest BCUT2D eigenvalue weighted by molar-refractivity contribution is -0.142. The van der Waals surface area contributed by atoms with Crippen molar-refractivity contribution in [3.05, 3.63) is 35.9 Å². The van der Waals surface area contributed by atoms with Crippen molar-refractivity contribution in [2.45, 2.75) is 122 Å². The second kappa shape index (κ2) is 22.8. The third kappa shape index (κ3) is 17.1. The molecule has 0 spiro atoms. The summed E-state index contributed by atoms with van der Waals surface area (Å²) in [6.07, 6.45) is 0.689. The van der Waals surface area contributed by atoms with Crippen LogP contribution in [0.4, 0.5) is 0 Å². The van der Waals surface area contributed by atoms with Crippen LogP contribution in [0, 0.1) is 5.92 Å². The molecule has 17 heteroatoms. The van der Waals surface area contributed by atoms with Gasteiger partial charge in [-0.15, -0.1) is 0 Å². The average molecular weight is 720 g/mol. The molecule has 17 nitrogen and oxygen atoms in total. The van der Waals surface area contributed by atoms with Crippen molar-refractivity contribution in [2.75, 3.05) is 6.54 Å². The largest absolute Gasteiger partial charge is 0.480 e. The molecule has 0 radical (unpaired) electrons. The van der Waals surface area contributed by atoms with Crippen LogP contribution in [0.5, 0.6) is 0 Å². The van der Waals surface area contributed by atoms with Gasteiger partial charge < -0.3 is 54.0 Å². The Bertz CT molecular complexity index is 1320. The normalized spacial score (nSPS) is 15.1. The van der Waals surface area contributed by atoms with Crippen molar-refractivity contribution in [1.82, 2.24) is 26.6 Å². The van der Waals surface area contributed by atoms with Crippen molar-refractivity contribution in [3.63, 3.8) is 0 Å². The van der Waals surface area contributed by atoms with E-state index in [1.54, 1.807) is 0 Å². The van der Waals surface area contributed by atoms with E-state index in [2.05, 4.69) is 31.6 Å². The van der Waals surface area contributed by atoms with Crippen molar-refractivity contribution < 1.29 is 39.0 Å². The number of carbonyl (C=O) groups is 6. The summed E-state index contributed by atoms with van der Waals surface area (Å²) >= 11 is 0. The second-order valence-corrected chi connectivity index (χ2v) is 13.0. The lowest BCUT2D eigenvalue weighted by Crippen LogP contribution is -2.61. The molecule has 7 atom stereocenters. The van der Waals surface area contributed by atoms with Crippen LogP contribution in [0.2, 0.25) is 0 Å².